The quantitative estimate of drug-likeness (QED) is 0.796. The summed E-state index contributed by atoms with van der Waals surface area (Å²) >= 11 is 0. The Labute approximate surface area is 118 Å². The van der Waals surface area contributed by atoms with Crippen molar-refractivity contribution < 1.29 is 0 Å². The molecule has 4 heteroatoms. The first-order valence-electron chi connectivity index (χ1n) is 6.98. The highest BCUT2D eigenvalue weighted by molar-refractivity contribution is 7.86. The lowest BCUT2D eigenvalue weighted by atomic mass is 9.91. The third-order valence-corrected chi connectivity index (χ3v) is 5.33. The number of hydrogen-bond donors (Lipinski definition) is 3. The van der Waals surface area contributed by atoms with Gasteiger partial charge in [-0.1, -0.05) is 32.0 Å². The maximum Gasteiger partial charge on any atom is 0.0426 e. The maximum atomic E-state index is 8.12. The van der Waals surface area contributed by atoms with Gasteiger partial charge < -0.3 is 11.1 Å². The smallest absolute Gasteiger partial charge is 0.0426 e. The summed E-state index contributed by atoms with van der Waals surface area (Å²) in [6.45, 7) is 7.23. The molecule has 3 nitrogen and oxygen atoms in total. The second-order valence-corrected chi connectivity index (χ2v) is 7.42. The summed E-state index contributed by atoms with van der Waals surface area (Å²) < 4.78 is 8.12. The standard InChI is InChI=1S/C15H25N3S/c1-10(2)13-5-4-12(7-16)6-14(13)15-9-19(17)8-11(3)18-15/h4-6,10-11,15,17-18H,7-9,16H2,1-3H3. The topological polar surface area (TPSA) is 61.9 Å². The Kier molecular flexibility index (Phi) is 4.76. The fraction of sp³-hybridized carbons (Fsp3) is 0.600. The predicted octanol–water partition coefficient (Wildman–Crippen LogP) is 2.68. The van der Waals surface area contributed by atoms with Crippen LogP contribution in [0.5, 0.6) is 0 Å². The van der Waals surface area contributed by atoms with Gasteiger partial charge in [0.25, 0.3) is 0 Å². The molecular weight excluding hydrogens is 254 g/mol. The maximum absolute atomic E-state index is 8.12. The van der Waals surface area contributed by atoms with Crippen molar-refractivity contribution in [3.63, 3.8) is 0 Å². The second kappa shape index (κ2) is 6.16. The lowest BCUT2D eigenvalue weighted by Gasteiger charge is -2.32. The third-order valence-electron chi connectivity index (χ3n) is 3.69. The molecule has 1 aromatic rings. The molecule has 0 aromatic heterocycles. The van der Waals surface area contributed by atoms with Gasteiger partial charge in [-0.15, -0.1) is 10.7 Å². The number of rotatable bonds is 3. The van der Waals surface area contributed by atoms with E-state index in [0.717, 1.165) is 11.5 Å². The van der Waals surface area contributed by atoms with Crippen molar-refractivity contribution in [2.45, 2.75) is 45.3 Å². The highest BCUT2D eigenvalue weighted by Gasteiger charge is 2.24. The van der Waals surface area contributed by atoms with E-state index in [0.29, 0.717) is 24.5 Å². The Balaban J connectivity index is 2.38. The fourth-order valence-corrected chi connectivity index (χ4v) is 4.28. The van der Waals surface area contributed by atoms with E-state index >= 15 is 0 Å². The van der Waals surface area contributed by atoms with Crippen LogP contribution in [0.25, 0.3) is 0 Å². The fourth-order valence-electron chi connectivity index (χ4n) is 2.77. The lowest BCUT2D eigenvalue weighted by molar-refractivity contribution is 0.495. The van der Waals surface area contributed by atoms with Crippen LogP contribution in [-0.2, 0) is 17.2 Å². The van der Waals surface area contributed by atoms with Crippen molar-refractivity contribution in [1.29, 1.82) is 4.78 Å². The van der Waals surface area contributed by atoms with Crippen molar-refractivity contribution in [3.8, 4) is 0 Å². The SMILES string of the molecule is CC1CS(=N)CC(c2cc(CN)ccc2C(C)C)N1. The zero-order chi connectivity index (χ0) is 14.0. The van der Waals surface area contributed by atoms with Crippen LogP contribution in [0.1, 0.15) is 49.4 Å². The molecule has 3 atom stereocenters. The summed E-state index contributed by atoms with van der Waals surface area (Å²) in [5, 5.41) is 3.66. The molecule has 1 aliphatic heterocycles. The highest BCUT2D eigenvalue weighted by Crippen LogP contribution is 2.29. The van der Waals surface area contributed by atoms with Gasteiger partial charge in [-0.05, 0) is 29.5 Å². The Morgan fingerprint density at radius 1 is 1.42 bits per heavy atom. The van der Waals surface area contributed by atoms with Crippen LogP contribution < -0.4 is 11.1 Å². The van der Waals surface area contributed by atoms with Crippen LogP contribution in [0.4, 0.5) is 0 Å². The molecule has 1 fully saturated rings. The van der Waals surface area contributed by atoms with Crippen LogP contribution in [0.3, 0.4) is 0 Å². The van der Waals surface area contributed by atoms with E-state index in [1.807, 2.05) is 0 Å². The first-order valence-corrected chi connectivity index (χ1v) is 8.55. The minimum atomic E-state index is -0.225. The molecule has 1 aliphatic rings. The molecule has 1 saturated heterocycles. The van der Waals surface area contributed by atoms with Crippen LogP contribution in [-0.4, -0.2) is 17.5 Å². The van der Waals surface area contributed by atoms with Gasteiger partial charge in [0.05, 0.1) is 0 Å². The predicted molar refractivity (Wildman–Crippen MR) is 83.6 cm³/mol. The van der Waals surface area contributed by atoms with Gasteiger partial charge in [0.2, 0.25) is 0 Å². The normalized spacial score (nSPS) is 27.7. The molecule has 0 bridgehead atoms. The Morgan fingerprint density at radius 3 is 2.74 bits per heavy atom. The van der Waals surface area contributed by atoms with Crippen molar-refractivity contribution >= 4 is 10.7 Å². The van der Waals surface area contributed by atoms with E-state index in [1.165, 1.54) is 16.7 Å². The Morgan fingerprint density at radius 2 is 2.16 bits per heavy atom. The molecule has 1 heterocycles. The molecule has 1 aromatic carbocycles. The monoisotopic (exact) mass is 279 g/mol. The Bertz CT molecular complexity index is 470. The van der Waals surface area contributed by atoms with E-state index in [9.17, 15) is 0 Å². The summed E-state index contributed by atoms with van der Waals surface area (Å²) in [4.78, 5) is 0. The van der Waals surface area contributed by atoms with E-state index in [1.54, 1.807) is 0 Å². The second-order valence-electron chi connectivity index (χ2n) is 5.77. The largest absolute Gasteiger partial charge is 0.326 e. The average Bonchev–Trinajstić information content (AvgIpc) is 2.36. The van der Waals surface area contributed by atoms with Crippen LogP contribution >= 0.6 is 0 Å². The molecule has 0 saturated carbocycles. The van der Waals surface area contributed by atoms with Gasteiger partial charge in [0.1, 0.15) is 0 Å². The number of nitrogens with one attached hydrogen (secondary N) is 2. The van der Waals surface area contributed by atoms with Crippen molar-refractivity contribution in [3.05, 3.63) is 34.9 Å². The zero-order valence-corrected chi connectivity index (χ0v) is 12.9. The van der Waals surface area contributed by atoms with E-state index in [2.05, 4.69) is 44.3 Å². The summed E-state index contributed by atoms with van der Waals surface area (Å²) in [5.41, 5.74) is 9.70. The summed E-state index contributed by atoms with van der Waals surface area (Å²) in [5.74, 6) is 2.41. The van der Waals surface area contributed by atoms with Gasteiger partial charge in [-0.25, -0.2) is 0 Å². The average molecular weight is 279 g/mol. The minimum Gasteiger partial charge on any atom is -0.326 e. The number of nitrogens with two attached hydrogens (primary N) is 1. The van der Waals surface area contributed by atoms with Gasteiger partial charge in [-0.2, -0.15) is 0 Å². The molecule has 2 rings (SSSR count). The summed E-state index contributed by atoms with van der Waals surface area (Å²) in [6.07, 6.45) is 0. The van der Waals surface area contributed by atoms with Gasteiger partial charge in [-0.3, -0.25) is 4.78 Å². The van der Waals surface area contributed by atoms with Crippen molar-refractivity contribution in [1.82, 2.24) is 5.32 Å². The van der Waals surface area contributed by atoms with Crippen LogP contribution in [0.15, 0.2) is 18.2 Å². The molecule has 0 aliphatic carbocycles. The molecule has 106 valence electrons. The van der Waals surface area contributed by atoms with Crippen molar-refractivity contribution in [2.24, 2.45) is 5.73 Å². The third kappa shape index (κ3) is 3.44. The van der Waals surface area contributed by atoms with Crippen molar-refractivity contribution in [2.75, 3.05) is 11.5 Å². The molecule has 3 unspecified atom stereocenters. The summed E-state index contributed by atoms with van der Waals surface area (Å²) in [6, 6.07) is 7.33. The van der Waals surface area contributed by atoms with E-state index in [4.69, 9.17) is 10.5 Å². The van der Waals surface area contributed by atoms with E-state index < -0.39 is 0 Å². The first kappa shape index (κ1) is 14.7. The van der Waals surface area contributed by atoms with E-state index in [-0.39, 0.29) is 10.7 Å². The molecule has 0 amide bonds. The molecule has 0 radical (unpaired) electrons. The highest BCUT2D eigenvalue weighted by atomic mass is 32.2. The van der Waals surface area contributed by atoms with Gasteiger partial charge in [0.15, 0.2) is 0 Å². The molecule has 4 N–H and O–H groups in total. The van der Waals surface area contributed by atoms with Crippen LogP contribution in [0, 0.1) is 4.78 Å². The number of benzene rings is 1. The first-order chi connectivity index (χ1) is 9.01. The minimum absolute atomic E-state index is 0.225. The zero-order valence-electron chi connectivity index (χ0n) is 12.1. The molecular formula is C15H25N3S. The molecule has 0 spiro atoms. The van der Waals surface area contributed by atoms with Crippen LogP contribution in [0.2, 0.25) is 0 Å². The summed E-state index contributed by atoms with van der Waals surface area (Å²) in [7, 11) is -0.225. The molecule has 19 heavy (non-hydrogen) atoms. The van der Waals surface area contributed by atoms with Gasteiger partial charge >= 0.3 is 0 Å². The Hall–Kier alpha value is -0.710. The lowest BCUT2D eigenvalue weighted by Crippen LogP contribution is -2.43. The number of hydrogen-bond acceptors (Lipinski definition) is 3. The van der Waals surface area contributed by atoms with Gasteiger partial charge in [0, 0.05) is 30.1 Å².